The molecule has 0 spiro atoms. The zero-order valence-corrected chi connectivity index (χ0v) is 29.3. The third-order valence-corrected chi connectivity index (χ3v) is 7.22. The number of carbonyl (C=O) groups is 2. The minimum atomic E-state index is -0.812. The summed E-state index contributed by atoms with van der Waals surface area (Å²) in [6.07, 6.45) is 4.23. The van der Waals surface area contributed by atoms with E-state index < -0.39 is 23.0 Å². The van der Waals surface area contributed by atoms with Gasteiger partial charge in [-0.05, 0) is 86.2 Å². The van der Waals surface area contributed by atoms with Gasteiger partial charge >= 0.3 is 0 Å². The summed E-state index contributed by atoms with van der Waals surface area (Å²) in [5, 5.41) is 9.61. The van der Waals surface area contributed by atoms with Gasteiger partial charge < -0.3 is 23.5 Å². The highest BCUT2D eigenvalue weighted by Gasteiger charge is 2.21. The van der Waals surface area contributed by atoms with Crippen LogP contribution >= 0.6 is 11.6 Å². The van der Waals surface area contributed by atoms with Crippen LogP contribution in [0.2, 0.25) is 0 Å². The monoisotopic (exact) mass is 677 g/mol. The van der Waals surface area contributed by atoms with Crippen LogP contribution in [0, 0.1) is 37.6 Å². The summed E-state index contributed by atoms with van der Waals surface area (Å²) in [4.78, 5) is 22.9. The van der Waals surface area contributed by atoms with Crippen molar-refractivity contribution in [1.29, 1.82) is 0 Å². The minimum absolute atomic E-state index is 0. The van der Waals surface area contributed by atoms with E-state index in [0.29, 0.717) is 17.3 Å². The number of amides is 1. The molecule has 3 N–H and O–H groups in total. The summed E-state index contributed by atoms with van der Waals surface area (Å²) < 4.78 is 28.9. The number of rotatable bonds is 9. The molecule has 1 amide bonds. The number of halogens is 4. The lowest BCUT2D eigenvalue weighted by Gasteiger charge is -2.12. The summed E-state index contributed by atoms with van der Waals surface area (Å²) in [6, 6.07) is 15.7. The van der Waals surface area contributed by atoms with E-state index in [0.717, 1.165) is 51.5 Å². The number of hydrogen-bond acceptors (Lipinski definition) is 5. The smallest absolute Gasteiger partial charge is 0.262 e. The average molecular weight is 679 g/mol. The third-order valence-electron chi connectivity index (χ3n) is 7.03. The summed E-state index contributed by atoms with van der Waals surface area (Å²) >= 11 is 5.09. The molecule has 2 aromatic heterocycles. The topological polar surface area (TPSA) is 108 Å². The number of benzene rings is 2. The fraction of sp³-hybridized carbons (Fsp3) is 0.412. The van der Waals surface area contributed by atoms with Crippen molar-refractivity contribution < 1.29 is 30.8 Å². The molecule has 0 atom stereocenters. The van der Waals surface area contributed by atoms with Gasteiger partial charge in [0, 0.05) is 25.5 Å². The standard InChI is InChI=1S/C17H22FN3O.C11H17N.C6H6ClFN2O.ClH/c1-11(2)9-10-13-7-5-6-8-14(13)19-17(22)15-12(3)20-21(4)16(15)18;1-9(2)7-8-10-5-3-4-6-11(10)12;1-3-4(5(7)11)6(8)10(2)9-3;/h5-8,11H,9-10H2,1-4H3,(H,19,22);3-6,9H,7-8,12H2,1-2H3;1-2H3;1H/p-1. The number of anilines is 2. The van der Waals surface area contributed by atoms with Gasteiger partial charge in [0.25, 0.3) is 11.1 Å². The SMILES string of the molecule is CC(C)CCc1ccccc1N.Cc1nn(C)c(F)c1C(=O)Cl.Cc1nn(C)c(F)c1C(=O)Nc1ccccc1CCC(C)C.[Cl-]. The minimum Gasteiger partial charge on any atom is -1.00 e. The second-order valence-corrected chi connectivity index (χ2v) is 12.0. The molecule has 46 heavy (non-hydrogen) atoms. The maximum absolute atomic E-state index is 14.0. The van der Waals surface area contributed by atoms with Crippen LogP contribution in [0.1, 0.15) is 83.8 Å². The van der Waals surface area contributed by atoms with Crippen LogP contribution in [-0.4, -0.2) is 30.7 Å². The Morgan fingerprint density at radius 2 is 1.24 bits per heavy atom. The van der Waals surface area contributed by atoms with Crippen LogP contribution in [-0.2, 0) is 26.9 Å². The third kappa shape index (κ3) is 11.9. The molecule has 4 aromatic rings. The van der Waals surface area contributed by atoms with Gasteiger partial charge in [-0.2, -0.15) is 19.0 Å². The Bertz CT molecular complexity index is 1580. The van der Waals surface area contributed by atoms with Crippen LogP contribution in [0.3, 0.4) is 0 Å². The van der Waals surface area contributed by atoms with E-state index in [1.165, 1.54) is 33.0 Å². The van der Waals surface area contributed by atoms with Gasteiger partial charge in [-0.1, -0.05) is 64.1 Å². The first-order valence-electron chi connectivity index (χ1n) is 14.9. The fourth-order valence-corrected chi connectivity index (χ4v) is 4.65. The Labute approximate surface area is 282 Å². The molecule has 4 rings (SSSR count). The van der Waals surface area contributed by atoms with Gasteiger partial charge in [-0.25, -0.2) is 9.36 Å². The van der Waals surface area contributed by atoms with Gasteiger partial charge in [0.2, 0.25) is 11.9 Å². The van der Waals surface area contributed by atoms with Gasteiger partial charge in [0.05, 0.1) is 11.4 Å². The predicted molar refractivity (Wildman–Crippen MR) is 178 cm³/mol. The quantitative estimate of drug-likeness (QED) is 0.195. The van der Waals surface area contributed by atoms with E-state index in [1.54, 1.807) is 6.92 Å². The number of nitrogen functional groups attached to an aromatic ring is 1. The van der Waals surface area contributed by atoms with Crippen LogP contribution in [0.25, 0.3) is 0 Å². The zero-order valence-electron chi connectivity index (χ0n) is 27.8. The molecular formula is C34H45Cl2F2N6O2-. The number of nitrogens with one attached hydrogen (secondary N) is 1. The first kappa shape index (κ1) is 40.3. The summed E-state index contributed by atoms with van der Waals surface area (Å²) in [5.41, 5.74) is 10.4. The maximum atomic E-state index is 14.0. The van der Waals surface area contributed by atoms with Crippen molar-refractivity contribution in [2.75, 3.05) is 11.1 Å². The van der Waals surface area contributed by atoms with Crippen molar-refractivity contribution in [3.8, 4) is 0 Å². The Kier molecular flexibility index (Phi) is 16.7. The predicted octanol–water partition coefficient (Wildman–Crippen LogP) is 4.82. The molecule has 0 bridgehead atoms. The molecule has 0 saturated carbocycles. The van der Waals surface area contributed by atoms with Crippen molar-refractivity contribution >= 4 is 34.1 Å². The van der Waals surface area contributed by atoms with Crippen LogP contribution in [0.5, 0.6) is 0 Å². The fourth-order valence-electron chi connectivity index (χ4n) is 4.44. The summed E-state index contributed by atoms with van der Waals surface area (Å²) in [5.74, 6) is -0.427. The molecule has 0 aliphatic carbocycles. The largest absolute Gasteiger partial charge is 1.00 e. The first-order valence-corrected chi connectivity index (χ1v) is 15.3. The molecule has 8 nitrogen and oxygen atoms in total. The Balaban J connectivity index is 0.000000374. The van der Waals surface area contributed by atoms with Crippen molar-refractivity contribution in [2.24, 2.45) is 25.9 Å². The van der Waals surface area contributed by atoms with Gasteiger partial charge in [-0.3, -0.25) is 9.59 Å². The van der Waals surface area contributed by atoms with Crippen LogP contribution < -0.4 is 23.5 Å². The summed E-state index contributed by atoms with van der Waals surface area (Å²) in [6.45, 7) is 11.9. The maximum Gasteiger partial charge on any atom is 0.262 e. The molecule has 0 aliphatic heterocycles. The molecule has 0 radical (unpaired) electrons. The second-order valence-electron chi connectivity index (χ2n) is 11.7. The lowest BCUT2D eigenvalue weighted by molar-refractivity contribution is -0.0000262. The number of carbonyl (C=O) groups excluding carboxylic acids is 2. The highest BCUT2D eigenvalue weighted by molar-refractivity contribution is 6.67. The van der Waals surface area contributed by atoms with Crippen LogP contribution in [0.15, 0.2) is 48.5 Å². The lowest BCUT2D eigenvalue weighted by Crippen LogP contribution is -3.00. The van der Waals surface area contributed by atoms with Crippen molar-refractivity contribution in [2.45, 2.75) is 67.2 Å². The number of nitrogens with two attached hydrogens (primary N) is 1. The Morgan fingerprint density at radius 1 is 0.804 bits per heavy atom. The molecular weight excluding hydrogens is 633 g/mol. The lowest BCUT2D eigenvalue weighted by atomic mass is 10.0. The molecule has 2 heterocycles. The van der Waals surface area contributed by atoms with E-state index in [1.807, 2.05) is 42.5 Å². The first-order chi connectivity index (χ1) is 21.1. The Hall–Kier alpha value is -3.76. The summed E-state index contributed by atoms with van der Waals surface area (Å²) in [7, 11) is 2.89. The molecule has 0 unspecified atom stereocenters. The van der Waals surface area contributed by atoms with E-state index in [2.05, 4.69) is 49.3 Å². The van der Waals surface area contributed by atoms with Crippen molar-refractivity contribution in [1.82, 2.24) is 19.6 Å². The van der Waals surface area contributed by atoms with Gasteiger partial charge in [-0.15, -0.1) is 0 Å². The van der Waals surface area contributed by atoms with Crippen molar-refractivity contribution in [3.63, 3.8) is 0 Å². The van der Waals surface area contributed by atoms with Gasteiger partial charge in [0.1, 0.15) is 11.1 Å². The van der Waals surface area contributed by atoms with Crippen molar-refractivity contribution in [3.05, 3.63) is 94.1 Å². The molecule has 0 fully saturated rings. The number of aryl methyl sites for hydroxylation is 6. The number of aromatic nitrogens is 4. The number of nitrogens with zero attached hydrogens (tertiary/aromatic N) is 4. The van der Waals surface area contributed by atoms with E-state index in [9.17, 15) is 18.4 Å². The molecule has 0 saturated heterocycles. The average Bonchev–Trinajstić information content (AvgIpc) is 3.38. The number of para-hydroxylation sites is 2. The van der Waals surface area contributed by atoms with Crippen LogP contribution in [0.4, 0.5) is 20.2 Å². The normalized spacial score (nSPS) is 10.5. The highest BCUT2D eigenvalue weighted by Crippen LogP contribution is 2.21. The molecule has 252 valence electrons. The molecule has 12 heteroatoms. The highest BCUT2D eigenvalue weighted by atomic mass is 35.5. The zero-order chi connectivity index (χ0) is 33.8. The van der Waals surface area contributed by atoms with Gasteiger partial charge in [0.15, 0.2) is 0 Å². The Morgan fingerprint density at radius 3 is 1.65 bits per heavy atom. The van der Waals surface area contributed by atoms with E-state index in [4.69, 9.17) is 17.3 Å². The molecule has 0 aliphatic rings. The van der Waals surface area contributed by atoms with E-state index >= 15 is 0 Å². The molecule has 2 aromatic carbocycles. The van der Waals surface area contributed by atoms with E-state index in [-0.39, 0.29) is 23.5 Å². The number of hydrogen-bond donors (Lipinski definition) is 2. The second kappa shape index (κ2) is 19.0.